The molecule has 2 aromatic rings. The van der Waals surface area contributed by atoms with E-state index in [0.717, 1.165) is 35.5 Å². The molecule has 1 N–H and O–H groups in total. The maximum Gasteiger partial charge on any atom is 0.341 e. The first-order valence-corrected chi connectivity index (χ1v) is 10.2. The molecule has 1 aliphatic rings. The van der Waals surface area contributed by atoms with Gasteiger partial charge in [-0.25, -0.2) is 4.79 Å². The largest absolute Gasteiger partial charge is 0.462 e. The van der Waals surface area contributed by atoms with Gasteiger partial charge in [0.2, 0.25) is 0 Å². The summed E-state index contributed by atoms with van der Waals surface area (Å²) in [6.07, 6.45) is 4.32. The van der Waals surface area contributed by atoms with E-state index in [-0.39, 0.29) is 5.97 Å². The number of hydrogen-bond donors (Lipinski definition) is 1. The average Bonchev–Trinajstić information content (AvgIpc) is 2.99. The number of hydrogen-bond acceptors (Lipinski definition) is 4. The van der Waals surface area contributed by atoms with E-state index < -0.39 is 0 Å². The Morgan fingerprint density at radius 1 is 1.23 bits per heavy atom. The Morgan fingerprint density at radius 2 is 1.92 bits per heavy atom. The van der Waals surface area contributed by atoms with E-state index >= 15 is 0 Å². The molecule has 26 heavy (non-hydrogen) atoms. The first kappa shape index (κ1) is 18.7. The van der Waals surface area contributed by atoms with Crippen molar-refractivity contribution >= 4 is 28.0 Å². The molecular weight excluding hydrogens is 342 g/mol. The van der Waals surface area contributed by atoms with Gasteiger partial charge in [0.1, 0.15) is 5.00 Å². The molecule has 1 aliphatic carbocycles. The Kier molecular flexibility index (Phi) is 5.82. The summed E-state index contributed by atoms with van der Waals surface area (Å²) in [6, 6.07) is 8.45. The highest BCUT2D eigenvalue weighted by molar-refractivity contribution is 7.16. The minimum Gasteiger partial charge on any atom is -0.462 e. The number of esters is 1. The van der Waals surface area contributed by atoms with Crippen molar-refractivity contribution in [1.29, 1.82) is 0 Å². The lowest BCUT2D eigenvalue weighted by atomic mass is 9.95. The second-order valence-corrected chi connectivity index (χ2v) is 8.12. The molecule has 1 aromatic heterocycles. The van der Waals surface area contributed by atoms with Crippen LogP contribution in [0.15, 0.2) is 30.8 Å². The lowest BCUT2D eigenvalue weighted by molar-refractivity contribution is 0.0526. The smallest absolute Gasteiger partial charge is 0.341 e. The number of benzene rings is 1. The maximum atomic E-state index is 12.6. The van der Waals surface area contributed by atoms with Crippen LogP contribution in [0.25, 0.3) is 5.70 Å². The number of anilines is 1. The van der Waals surface area contributed by atoms with Crippen LogP contribution in [0.4, 0.5) is 5.00 Å². The fourth-order valence-electron chi connectivity index (χ4n) is 3.35. The van der Waals surface area contributed by atoms with Crippen LogP contribution in [-0.2, 0) is 17.6 Å². The highest BCUT2D eigenvalue weighted by atomic mass is 32.1. The lowest BCUT2D eigenvalue weighted by Gasteiger charge is -2.13. The third kappa shape index (κ3) is 3.85. The van der Waals surface area contributed by atoms with Crippen molar-refractivity contribution < 1.29 is 9.53 Å². The topological polar surface area (TPSA) is 38.3 Å². The van der Waals surface area contributed by atoms with Crippen molar-refractivity contribution in [1.82, 2.24) is 0 Å². The third-order valence-electron chi connectivity index (χ3n) is 4.84. The van der Waals surface area contributed by atoms with Gasteiger partial charge in [-0.3, -0.25) is 0 Å². The number of aryl methyl sites for hydroxylation is 1. The van der Waals surface area contributed by atoms with Crippen LogP contribution in [-0.4, -0.2) is 12.6 Å². The first-order chi connectivity index (χ1) is 12.5. The van der Waals surface area contributed by atoms with Gasteiger partial charge in [0, 0.05) is 10.6 Å². The van der Waals surface area contributed by atoms with Crippen LogP contribution >= 0.6 is 11.3 Å². The quantitative estimate of drug-likeness (QED) is 0.634. The van der Waals surface area contributed by atoms with Crippen LogP contribution in [0.2, 0.25) is 0 Å². The van der Waals surface area contributed by atoms with Crippen LogP contribution < -0.4 is 5.32 Å². The monoisotopic (exact) mass is 369 g/mol. The SMILES string of the molecule is C=C(Nc1sc2c(c1C(=O)OCC)CCCC2)c1ccc(C(C)C)cc1. The van der Waals surface area contributed by atoms with Gasteiger partial charge < -0.3 is 10.1 Å². The average molecular weight is 370 g/mol. The predicted molar refractivity (Wildman–Crippen MR) is 110 cm³/mol. The summed E-state index contributed by atoms with van der Waals surface area (Å²) >= 11 is 1.67. The molecule has 4 heteroatoms. The van der Waals surface area contributed by atoms with Gasteiger partial charge >= 0.3 is 5.97 Å². The minimum atomic E-state index is -0.225. The Morgan fingerprint density at radius 3 is 2.58 bits per heavy atom. The second kappa shape index (κ2) is 8.09. The normalized spacial score (nSPS) is 13.4. The zero-order valence-corrected chi connectivity index (χ0v) is 16.7. The van der Waals surface area contributed by atoms with E-state index in [1.54, 1.807) is 11.3 Å². The summed E-state index contributed by atoms with van der Waals surface area (Å²) in [5.41, 5.74) is 5.04. The highest BCUT2D eigenvalue weighted by Crippen LogP contribution is 2.39. The number of carbonyl (C=O) groups excluding carboxylic acids is 1. The van der Waals surface area contributed by atoms with Gasteiger partial charge in [-0.2, -0.15) is 0 Å². The summed E-state index contributed by atoms with van der Waals surface area (Å²) in [6.45, 7) is 10.8. The molecule has 0 spiro atoms. The summed E-state index contributed by atoms with van der Waals surface area (Å²) in [5.74, 6) is 0.280. The summed E-state index contributed by atoms with van der Waals surface area (Å²) in [5, 5.41) is 4.26. The Hall–Kier alpha value is -2.07. The summed E-state index contributed by atoms with van der Waals surface area (Å²) in [7, 11) is 0. The van der Waals surface area contributed by atoms with E-state index in [1.807, 2.05) is 6.92 Å². The minimum absolute atomic E-state index is 0.225. The molecule has 0 saturated carbocycles. The van der Waals surface area contributed by atoms with Crippen LogP contribution in [0, 0.1) is 0 Å². The molecule has 0 amide bonds. The molecule has 3 rings (SSSR count). The van der Waals surface area contributed by atoms with Crippen molar-refractivity contribution in [3.63, 3.8) is 0 Å². The zero-order chi connectivity index (χ0) is 18.7. The Bertz CT molecular complexity index is 802. The van der Waals surface area contributed by atoms with Crippen LogP contribution in [0.1, 0.15) is 71.5 Å². The van der Waals surface area contributed by atoms with Gasteiger partial charge in [-0.1, -0.05) is 44.7 Å². The second-order valence-electron chi connectivity index (χ2n) is 7.02. The number of rotatable bonds is 6. The van der Waals surface area contributed by atoms with E-state index in [0.29, 0.717) is 18.1 Å². The van der Waals surface area contributed by atoms with Crippen molar-refractivity contribution in [2.75, 3.05) is 11.9 Å². The summed E-state index contributed by atoms with van der Waals surface area (Å²) in [4.78, 5) is 13.9. The molecule has 0 radical (unpaired) electrons. The Balaban J connectivity index is 1.87. The first-order valence-electron chi connectivity index (χ1n) is 9.39. The van der Waals surface area contributed by atoms with Crippen LogP contribution in [0.3, 0.4) is 0 Å². The van der Waals surface area contributed by atoms with Crippen LogP contribution in [0.5, 0.6) is 0 Å². The molecule has 0 saturated heterocycles. The molecule has 0 atom stereocenters. The number of carbonyl (C=O) groups is 1. The predicted octanol–water partition coefficient (Wildman–Crippen LogP) is 6.01. The summed E-state index contributed by atoms with van der Waals surface area (Å²) < 4.78 is 5.32. The van der Waals surface area contributed by atoms with Gasteiger partial charge in [-0.15, -0.1) is 11.3 Å². The van der Waals surface area contributed by atoms with E-state index in [9.17, 15) is 4.79 Å². The number of thiophene rings is 1. The molecule has 3 nitrogen and oxygen atoms in total. The molecule has 1 aromatic carbocycles. The molecular formula is C22H27NO2S. The van der Waals surface area contributed by atoms with Gasteiger partial charge in [-0.05, 0) is 55.2 Å². The molecule has 0 aliphatic heterocycles. The van der Waals surface area contributed by atoms with E-state index in [1.165, 1.54) is 22.4 Å². The molecule has 0 unspecified atom stereocenters. The lowest BCUT2D eigenvalue weighted by Crippen LogP contribution is -2.11. The zero-order valence-electron chi connectivity index (χ0n) is 15.9. The standard InChI is InChI=1S/C22H27NO2S/c1-5-25-22(24)20-18-8-6-7-9-19(18)26-21(20)23-15(4)17-12-10-16(11-13-17)14(2)3/h10-14,23H,4-9H2,1-3H3. The molecule has 0 bridgehead atoms. The van der Waals surface area contributed by atoms with Gasteiger partial charge in [0.05, 0.1) is 12.2 Å². The fraction of sp³-hybridized carbons (Fsp3) is 0.409. The third-order valence-corrected chi connectivity index (χ3v) is 6.05. The van der Waals surface area contributed by atoms with Crippen molar-refractivity contribution in [2.45, 2.75) is 52.4 Å². The van der Waals surface area contributed by atoms with Gasteiger partial charge in [0.15, 0.2) is 0 Å². The number of nitrogens with one attached hydrogen (secondary N) is 1. The number of ether oxygens (including phenoxy) is 1. The van der Waals surface area contributed by atoms with E-state index in [4.69, 9.17) is 4.74 Å². The Labute approximate surface area is 160 Å². The van der Waals surface area contributed by atoms with Gasteiger partial charge in [0.25, 0.3) is 0 Å². The molecule has 0 fully saturated rings. The number of fused-ring (bicyclic) bond motifs is 1. The van der Waals surface area contributed by atoms with Crippen molar-refractivity contribution in [3.8, 4) is 0 Å². The molecule has 1 heterocycles. The maximum absolute atomic E-state index is 12.6. The van der Waals surface area contributed by atoms with Crippen molar-refractivity contribution in [3.05, 3.63) is 58.0 Å². The molecule has 138 valence electrons. The van der Waals surface area contributed by atoms with E-state index in [2.05, 4.69) is 50.0 Å². The highest BCUT2D eigenvalue weighted by Gasteiger charge is 2.26. The fourth-order valence-corrected chi connectivity index (χ4v) is 4.65. The van der Waals surface area contributed by atoms with Crippen molar-refractivity contribution in [2.24, 2.45) is 0 Å².